The van der Waals surface area contributed by atoms with E-state index in [4.69, 9.17) is 19.9 Å². The summed E-state index contributed by atoms with van der Waals surface area (Å²) >= 11 is 0. The third kappa shape index (κ3) is 2.18. The summed E-state index contributed by atoms with van der Waals surface area (Å²) in [5.41, 5.74) is 4.65. The highest BCUT2D eigenvalue weighted by Crippen LogP contribution is 2.52. The van der Waals surface area contributed by atoms with E-state index in [0.29, 0.717) is 11.3 Å². The van der Waals surface area contributed by atoms with E-state index in [0.717, 1.165) is 7.11 Å². The number of carbonyl (C=O) groups excluding carboxylic acids is 3. The minimum atomic E-state index is -1.80. The van der Waals surface area contributed by atoms with E-state index in [9.17, 15) is 14.4 Å². The second-order valence-electron chi connectivity index (χ2n) is 5.73. The van der Waals surface area contributed by atoms with Crippen molar-refractivity contribution in [3.8, 4) is 0 Å². The van der Waals surface area contributed by atoms with E-state index in [-0.39, 0.29) is 29.4 Å². The van der Waals surface area contributed by atoms with Gasteiger partial charge in [0.25, 0.3) is 0 Å². The van der Waals surface area contributed by atoms with E-state index >= 15 is 0 Å². The number of ether oxygens (including phenoxy) is 3. The fraction of sp³-hybridized carbons (Fsp3) is 0.278. The summed E-state index contributed by atoms with van der Waals surface area (Å²) in [6.07, 6.45) is 0. The minimum absolute atomic E-state index is 0.0838. The second kappa shape index (κ2) is 6.21. The van der Waals surface area contributed by atoms with Crippen molar-refractivity contribution < 1.29 is 28.6 Å². The van der Waals surface area contributed by atoms with Crippen LogP contribution in [0.4, 0.5) is 5.69 Å². The Bertz CT molecular complexity index is 885. The van der Waals surface area contributed by atoms with Gasteiger partial charge < -0.3 is 25.3 Å². The monoisotopic (exact) mass is 358 g/mol. The van der Waals surface area contributed by atoms with Gasteiger partial charge in [0.1, 0.15) is 22.3 Å². The molecule has 1 amide bonds. The van der Waals surface area contributed by atoms with E-state index in [1.807, 2.05) is 0 Å². The van der Waals surface area contributed by atoms with Crippen LogP contribution in [0.3, 0.4) is 0 Å². The number of nitrogens with one attached hydrogen (secondary N) is 1. The zero-order valence-corrected chi connectivity index (χ0v) is 14.5. The van der Waals surface area contributed by atoms with Crippen LogP contribution in [0.25, 0.3) is 0 Å². The molecule has 2 heterocycles. The Labute approximate surface area is 149 Å². The summed E-state index contributed by atoms with van der Waals surface area (Å²) in [6.45, 7) is 3.21. The van der Waals surface area contributed by atoms with Gasteiger partial charge in [-0.2, -0.15) is 0 Å². The summed E-state index contributed by atoms with van der Waals surface area (Å²) in [5, 5.41) is 2.70. The summed E-state index contributed by atoms with van der Waals surface area (Å²) in [7, 11) is 1.16. The standard InChI is InChI=1S/C18H18N2O6/c1-4-25-16(22)12-9(2)26-14(19)13(15(21)24-3)18(12)10-7-5-6-8-11(10)20-17(18)23/h5-8H,4,19H2,1-3H3,(H,20,23)/t18-/m0/s1. The molecule has 8 heteroatoms. The van der Waals surface area contributed by atoms with Gasteiger partial charge in [0.15, 0.2) is 0 Å². The van der Waals surface area contributed by atoms with Gasteiger partial charge in [-0.15, -0.1) is 0 Å². The number of fused-ring (bicyclic) bond motifs is 2. The van der Waals surface area contributed by atoms with Gasteiger partial charge in [0, 0.05) is 11.3 Å². The number of benzene rings is 1. The third-order valence-electron chi connectivity index (χ3n) is 4.40. The van der Waals surface area contributed by atoms with Gasteiger partial charge in [0.05, 0.1) is 13.7 Å². The normalized spacial score (nSPS) is 21.3. The molecule has 0 bridgehead atoms. The molecule has 8 nitrogen and oxygen atoms in total. The van der Waals surface area contributed by atoms with Crippen LogP contribution in [0.15, 0.2) is 47.1 Å². The molecule has 0 saturated carbocycles. The van der Waals surface area contributed by atoms with Crippen molar-refractivity contribution in [1.29, 1.82) is 0 Å². The molecule has 0 unspecified atom stereocenters. The van der Waals surface area contributed by atoms with Gasteiger partial charge in [-0.05, 0) is 19.9 Å². The van der Waals surface area contributed by atoms with Crippen molar-refractivity contribution >= 4 is 23.5 Å². The number of para-hydroxylation sites is 1. The molecule has 0 aliphatic carbocycles. The van der Waals surface area contributed by atoms with Crippen LogP contribution in [0.5, 0.6) is 0 Å². The lowest BCUT2D eigenvalue weighted by atomic mass is 9.67. The number of hydrogen-bond donors (Lipinski definition) is 2. The van der Waals surface area contributed by atoms with Gasteiger partial charge in [-0.25, -0.2) is 9.59 Å². The second-order valence-corrected chi connectivity index (χ2v) is 5.73. The third-order valence-corrected chi connectivity index (χ3v) is 4.40. The molecule has 0 aromatic heterocycles. The molecule has 0 fully saturated rings. The summed E-state index contributed by atoms with van der Waals surface area (Å²) in [6, 6.07) is 6.73. The highest BCUT2D eigenvalue weighted by molar-refractivity contribution is 6.21. The van der Waals surface area contributed by atoms with Crippen LogP contribution in [-0.4, -0.2) is 31.6 Å². The number of amides is 1. The Kier molecular flexibility index (Phi) is 4.19. The van der Waals surface area contributed by atoms with Crippen molar-refractivity contribution in [1.82, 2.24) is 0 Å². The van der Waals surface area contributed by atoms with Crippen LogP contribution in [-0.2, 0) is 34.0 Å². The first kappa shape index (κ1) is 17.5. The molecule has 0 saturated heterocycles. The molecular weight excluding hydrogens is 340 g/mol. The summed E-state index contributed by atoms with van der Waals surface area (Å²) < 4.78 is 15.4. The topological polar surface area (TPSA) is 117 Å². The van der Waals surface area contributed by atoms with E-state index in [1.165, 1.54) is 6.92 Å². The number of nitrogens with two attached hydrogens (primary N) is 1. The molecule has 1 atom stereocenters. The summed E-state index contributed by atoms with van der Waals surface area (Å²) in [5.74, 6) is -2.46. The average molecular weight is 358 g/mol. The molecule has 1 aromatic carbocycles. The number of esters is 2. The lowest BCUT2D eigenvalue weighted by Gasteiger charge is -2.35. The van der Waals surface area contributed by atoms with Crippen LogP contribution in [0.2, 0.25) is 0 Å². The number of allylic oxidation sites excluding steroid dienone is 1. The fourth-order valence-corrected chi connectivity index (χ4v) is 3.45. The Morgan fingerprint density at radius 2 is 1.92 bits per heavy atom. The SMILES string of the molecule is CCOC(=O)C1=C(C)OC(N)=C(C(=O)OC)[C@@]12C(=O)Nc1ccccc12. The molecular formula is C18H18N2O6. The number of anilines is 1. The first-order chi connectivity index (χ1) is 12.4. The van der Waals surface area contributed by atoms with Crippen LogP contribution in [0, 0.1) is 0 Å². The Hall–Kier alpha value is -3.29. The van der Waals surface area contributed by atoms with Crippen molar-refractivity contribution in [3.63, 3.8) is 0 Å². The Balaban J connectivity index is 2.40. The van der Waals surface area contributed by atoms with Gasteiger partial charge >= 0.3 is 11.9 Å². The van der Waals surface area contributed by atoms with Crippen molar-refractivity contribution in [3.05, 3.63) is 52.6 Å². The molecule has 136 valence electrons. The Morgan fingerprint density at radius 3 is 2.58 bits per heavy atom. The molecule has 26 heavy (non-hydrogen) atoms. The maximum atomic E-state index is 13.1. The molecule has 1 spiro atoms. The first-order valence-corrected chi connectivity index (χ1v) is 7.95. The predicted octanol–water partition coefficient (Wildman–Crippen LogP) is 1.09. The van der Waals surface area contributed by atoms with Gasteiger partial charge in [-0.3, -0.25) is 4.79 Å². The van der Waals surface area contributed by atoms with Crippen molar-refractivity contribution in [2.24, 2.45) is 5.73 Å². The molecule has 1 aromatic rings. The lowest BCUT2D eigenvalue weighted by molar-refractivity contribution is -0.142. The van der Waals surface area contributed by atoms with Crippen LogP contribution < -0.4 is 11.1 Å². The highest BCUT2D eigenvalue weighted by atomic mass is 16.5. The number of methoxy groups -OCH3 is 1. The molecule has 2 aliphatic rings. The molecule has 3 rings (SSSR count). The maximum absolute atomic E-state index is 13.1. The lowest BCUT2D eigenvalue weighted by Crippen LogP contribution is -2.48. The van der Waals surface area contributed by atoms with Crippen molar-refractivity contribution in [2.45, 2.75) is 19.3 Å². The zero-order valence-electron chi connectivity index (χ0n) is 14.5. The zero-order chi connectivity index (χ0) is 19.1. The van der Waals surface area contributed by atoms with Gasteiger partial charge in [-0.1, -0.05) is 18.2 Å². The van der Waals surface area contributed by atoms with Crippen LogP contribution >= 0.6 is 0 Å². The molecule has 3 N–H and O–H groups in total. The predicted molar refractivity (Wildman–Crippen MR) is 90.4 cm³/mol. The largest absolute Gasteiger partial charge is 0.465 e. The summed E-state index contributed by atoms with van der Waals surface area (Å²) in [4.78, 5) is 38.4. The van der Waals surface area contributed by atoms with Crippen LogP contribution in [0.1, 0.15) is 19.4 Å². The van der Waals surface area contributed by atoms with E-state index in [2.05, 4.69) is 5.32 Å². The van der Waals surface area contributed by atoms with E-state index < -0.39 is 23.3 Å². The minimum Gasteiger partial charge on any atom is -0.465 e. The highest BCUT2D eigenvalue weighted by Gasteiger charge is 2.61. The van der Waals surface area contributed by atoms with E-state index in [1.54, 1.807) is 31.2 Å². The number of hydrogen-bond acceptors (Lipinski definition) is 7. The smallest absolute Gasteiger partial charge is 0.340 e. The molecule has 2 aliphatic heterocycles. The Morgan fingerprint density at radius 1 is 1.23 bits per heavy atom. The van der Waals surface area contributed by atoms with Crippen molar-refractivity contribution in [2.75, 3.05) is 19.0 Å². The average Bonchev–Trinajstić information content (AvgIpc) is 2.87. The molecule has 0 radical (unpaired) electrons. The maximum Gasteiger partial charge on any atom is 0.340 e. The quantitative estimate of drug-likeness (QED) is 0.777. The number of rotatable bonds is 3. The fourth-order valence-electron chi connectivity index (χ4n) is 3.45. The van der Waals surface area contributed by atoms with Gasteiger partial charge in [0.2, 0.25) is 11.8 Å². The number of carbonyl (C=O) groups is 3. The first-order valence-electron chi connectivity index (χ1n) is 7.95.